The van der Waals surface area contributed by atoms with E-state index < -0.39 is 6.17 Å². The number of aromatic nitrogens is 2. The summed E-state index contributed by atoms with van der Waals surface area (Å²) in [5.41, 5.74) is 0. The lowest BCUT2D eigenvalue weighted by molar-refractivity contribution is -0.105. The molecule has 18 heavy (non-hydrogen) atoms. The van der Waals surface area contributed by atoms with E-state index in [0.29, 0.717) is 37.7 Å². The lowest BCUT2D eigenvalue weighted by Gasteiger charge is -2.34. The van der Waals surface area contributed by atoms with E-state index in [2.05, 4.69) is 20.6 Å². The number of halogens is 1. The number of piperidine rings is 1. The Bertz CT molecular complexity index is 416. The van der Waals surface area contributed by atoms with Gasteiger partial charge in [0.1, 0.15) is 12.0 Å². The predicted molar refractivity (Wildman–Crippen MR) is 66.3 cm³/mol. The zero-order valence-corrected chi connectivity index (χ0v) is 10.1. The monoisotopic (exact) mass is 253 g/mol. The molecule has 7 heteroatoms. The van der Waals surface area contributed by atoms with E-state index in [1.165, 1.54) is 0 Å². The molecule has 2 heterocycles. The molecular formula is C11H16FN5O. The summed E-state index contributed by atoms with van der Waals surface area (Å²) in [7, 11) is 1.74. The normalized spacial score (nSPS) is 23.8. The third-order valence-electron chi connectivity index (χ3n) is 3.03. The minimum atomic E-state index is -0.845. The van der Waals surface area contributed by atoms with Gasteiger partial charge in [0.05, 0.1) is 6.04 Å². The molecule has 1 aliphatic heterocycles. The van der Waals surface area contributed by atoms with E-state index >= 15 is 0 Å². The molecule has 1 amide bonds. The third-order valence-corrected chi connectivity index (χ3v) is 3.03. The molecule has 1 aromatic rings. The first-order chi connectivity index (χ1) is 8.74. The molecule has 1 fully saturated rings. The fourth-order valence-electron chi connectivity index (χ4n) is 2.02. The van der Waals surface area contributed by atoms with Crippen molar-refractivity contribution < 1.29 is 9.18 Å². The second kappa shape index (κ2) is 5.72. The highest BCUT2D eigenvalue weighted by Gasteiger charge is 2.29. The highest BCUT2D eigenvalue weighted by molar-refractivity contribution is 5.68. The predicted octanol–water partition coefficient (Wildman–Crippen LogP) is 0.181. The van der Waals surface area contributed by atoms with Crippen LogP contribution in [0, 0.1) is 0 Å². The second-order valence-corrected chi connectivity index (χ2v) is 4.15. The second-order valence-electron chi connectivity index (χ2n) is 4.15. The Hall–Kier alpha value is -1.76. The lowest BCUT2D eigenvalue weighted by Crippen LogP contribution is -2.51. The van der Waals surface area contributed by atoms with Gasteiger partial charge in [0.15, 0.2) is 0 Å². The van der Waals surface area contributed by atoms with E-state index in [1.807, 2.05) is 4.90 Å². The van der Waals surface area contributed by atoms with Gasteiger partial charge in [-0.2, -0.15) is 4.98 Å². The topological polar surface area (TPSA) is 70.2 Å². The molecule has 6 nitrogen and oxygen atoms in total. The van der Waals surface area contributed by atoms with E-state index in [9.17, 15) is 9.18 Å². The van der Waals surface area contributed by atoms with Crippen LogP contribution in [0.15, 0.2) is 12.3 Å². The Morgan fingerprint density at radius 1 is 1.61 bits per heavy atom. The van der Waals surface area contributed by atoms with Crippen molar-refractivity contribution in [2.24, 2.45) is 0 Å². The lowest BCUT2D eigenvalue weighted by atomic mass is 10.0. The molecule has 0 aromatic carbocycles. The zero-order chi connectivity index (χ0) is 13.0. The molecule has 2 N–H and O–H groups in total. The largest absolute Gasteiger partial charge is 0.339 e. The van der Waals surface area contributed by atoms with Gasteiger partial charge in [0.25, 0.3) is 0 Å². The number of alkyl halides is 1. The molecule has 2 atom stereocenters. The average molecular weight is 253 g/mol. The Morgan fingerprint density at radius 2 is 2.44 bits per heavy atom. The summed E-state index contributed by atoms with van der Waals surface area (Å²) in [5.74, 6) is 0.951. The van der Waals surface area contributed by atoms with Crippen LogP contribution in [0.2, 0.25) is 0 Å². The van der Waals surface area contributed by atoms with Crippen LogP contribution in [-0.2, 0) is 4.79 Å². The van der Waals surface area contributed by atoms with Gasteiger partial charge in [0, 0.05) is 19.3 Å². The maximum atomic E-state index is 13.5. The fraction of sp³-hybridized carbons (Fsp3) is 0.545. The molecule has 0 bridgehead atoms. The Labute approximate surface area is 105 Å². The number of carbonyl (C=O) groups excluding carboxylic acids is 1. The molecule has 0 spiro atoms. The summed E-state index contributed by atoms with van der Waals surface area (Å²) in [5, 5.41) is 5.42. The number of nitrogens with zero attached hydrogens (tertiary/aromatic N) is 3. The molecule has 0 saturated carbocycles. The van der Waals surface area contributed by atoms with Gasteiger partial charge in [-0.1, -0.05) is 0 Å². The molecule has 98 valence electrons. The number of nitrogens with one attached hydrogen (secondary N) is 2. The number of amides is 1. The van der Waals surface area contributed by atoms with Crippen LogP contribution in [0.4, 0.5) is 16.2 Å². The van der Waals surface area contributed by atoms with E-state index in [-0.39, 0.29) is 6.04 Å². The van der Waals surface area contributed by atoms with Crippen molar-refractivity contribution in [3.05, 3.63) is 12.3 Å². The Morgan fingerprint density at radius 3 is 3.17 bits per heavy atom. The van der Waals surface area contributed by atoms with Crippen molar-refractivity contribution in [3.8, 4) is 0 Å². The van der Waals surface area contributed by atoms with Crippen LogP contribution < -0.4 is 15.5 Å². The molecule has 0 aliphatic carbocycles. The van der Waals surface area contributed by atoms with E-state index in [1.54, 1.807) is 19.3 Å². The van der Waals surface area contributed by atoms with Crippen LogP contribution in [0.5, 0.6) is 0 Å². The van der Waals surface area contributed by atoms with Gasteiger partial charge >= 0.3 is 0 Å². The standard InChI is InChI=1S/C11H16FN5O/c1-13-9-6-17(5-3-8(9)12)11-14-4-2-10(16-11)15-7-18/h2,4,7-9,13H,3,5-6H2,1H3,(H,14,15,16,18). The molecule has 2 unspecified atom stereocenters. The fourth-order valence-corrected chi connectivity index (χ4v) is 2.02. The highest BCUT2D eigenvalue weighted by Crippen LogP contribution is 2.19. The van der Waals surface area contributed by atoms with Gasteiger partial charge < -0.3 is 15.5 Å². The average Bonchev–Trinajstić information content (AvgIpc) is 2.40. The number of hydrogen-bond acceptors (Lipinski definition) is 5. The van der Waals surface area contributed by atoms with Crippen LogP contribution in [0.25, 0.3) is 0 Å². The van der Waals surface area contributed by atoms with Crippen LogP contribution >= 0.6 is 0 Å². The third kappa shape index (κ3) is 2.73. The van der Waals surface area contributed by atoms with Crippen LogP contribution in [0.3, 0.4) is 0 Å². The van der Waals surface area contributed by atoms with Crippen molar-refractivity contribution in [2.75, 3.05) is 30.4 Å². The SMILES string of the molecule is CNC1CN(c2nccc(NC=O)n2)CCC1F. The summed E-state index contributed by atoms with van der Waals surface area (Å²) < 4.78 is 13.5. The van der Waals surface area contributed by atoms with Crippen molar-refractivity contribution in [3.63, 3.8) is 0 Å². The maximum Gasteiger partial charge on any atom is 0.227 e. The van der Waals surface area contributed by atoms with Crippen LogP contribution in [-0.4, -0.2) is 48.7 Å². The molecule has 0 radical (unpaired) electrons. The van der Waals surface area contributed by atoms with Gasteiger partial charge in [-0.25, -0.2) is 9.37 Å². The van der Waals surface area contributed by atoms with Gasteiger partial charge in [0.2, 0.25) is 12.4 Å². The van der Waals surface area contributed by atoms with Gasteiger partial charge in [-0.05, 0) is 19.5 Å². The van der Waals surface area contributed by atoms with E-state index in [0.717, 1.165) is 0 Å². The molecule has 1 aromatic heterocycles. The van der Waals surface area contributed by atoms with Crippen molar-refractivity contribution in [1.29, 1.82) is 0 Å². The summed E-state index contributed by atoms with van der Waals surface area (Å²) in [4.78, 5) is 20.6. The zero-order valence-electron chi connectivity index (χ0n) is 10.1. The highest BCUT2D eigenvalue weighted by atomic mass is 19.1. The molecule has 1 saturated heterocycles. The first-order valence-corrected chi connectivity index (χ1v) is 5.84. The van der Waals surface area contributed by atoms with Crippen molar-refractivity contribution >= 4 is 18.2 Å². The number of carbonyl (C=O) groups is 1. The Balaban J connectivity index is 2.11. The summed E-state index contributed by atoms with van der Waals surface area (Å²) in [6.07, 6.45) is 1.74. The number of rotatable bonds is 4. The summed E-state index contributed by atoms with van der Waals surface area (Å²) in [6.45, 7) is 1.09. The number of likely N-dealkylation sites (N-methyl/N-ethyl adjacent to an activating group) is 1. The number of anilines is 2. The first-order valence-electron chi connectivity index (χ1n) is 5.84. The Kier molecular flexibility index (Phi) is 4.03. The van der Waals surface area contributed by atoms with Gasteiger partial charge in [-0.15, -0.1) is 0 Å². The first kappa shape index (κ1) is 12.7. The van der Waals surface area contributed by atoms with Crippen LogP contribution in [0.1, 0.15) is 6.42 Å². The number of hydrogen-bond donors (Lipinski definition) is 2. The minimum Gasteiger partial charge on any atom is -0.339 e. The minimum absolute atomic E-state index is 0.218. The molecular weight excluding hydrogens is 237 g/mol. The van der Waals surface area contributed by atoms with E-state index in [4.69, 9.17) is 0 Å². The smallest absolute Gasteiger partial charge is 0.227 e. The molecule has 2 rings (SSSR count). The van der Waals surface area contributed by atoms with Crippen molar-refractivity contribution in [1.82, 2.24) is 15.3 Å². The quantitative estimate of drug-likeness (QED) is 0.749. The summed E-state index contributed by atoms with van der Waals surface area (Å²) >= 11 is 0. The molecule has 1 aliphatic rings. The summed E-state index contributed by atoms with van der Waals surface area (Å²) in [6, 6.07) is 1.39. The van der Waals surface area contributed by atoms with Gasteiger partial charge in [-0.3, -0.25) is 4.79 Å². The van der Waals surface area contributed by atoms with Crippen molar-refractivity contribution in [2.45, 2.75) is 18.6 Å². The maximum absolute atomic E-state index is 13.5.